The van der Waals surface area contributed by atoms with E-state index in [1.807, 2.05) is 0 Å². The van der Waals surface area contributed by atoms with Gasteiger partial charge in [-0.05, 0) is 44.6 Å². The molecule has 0 aromatic rings. The standard InChI is InChI=1S/C14H27N3O/c1-10(2)13-4-3-8-17(13)9-7-12(14(15)18)16-11-5-6-11/h10-13,16H,3-9H2,1-2H3,(H2,15,18). The van der Waals surface area contributed by atoms with Gasteiger partial charge < -0.3 is 16.0 Å². The Hall–Kier alpha value is -0.610. The third-order valence-electron chi connectivity index (χ3n) is 4.25. The Labute approximate surface area is 110 Å². The van der Waals surface area contributed by atoms with Crippen molar-refractivity contribution in [2.75, 3.05) is 13.1 Å². The number of nitrogens with two attached hydrogens (primary N) is 1. The van der Waals surface area contributed by atoms with Crippen LogP contribution in [-0.2, 0) is 4.79 Å². The van der Waals surface area contributed by atoms with Crippen molar-refractivity contribution in [1.29, 1.82) is 0 Å². The molecule has 4 heteroatoms. The fourth-order valence-corrected chi connectivity index (χ4v) is 3.02. The van der Waals surface area contributed by atoms with E-state index in [0.717, 1.165) is 13.0 Å². The minimum absolute atomic E-state index is 0.133. The molecule has 1 heterocycles. The van der Waals surface area contributed by atoms with Crippen LogP contribution >= 0.6 is 0 Å². The molecule has 2 unspecified atom stereocenters. The fraction of sp³-hybridized carbons (Fsp3) is 0.929. The number of nitrogens with zero attached hydrogens (tertiary/aromatic N) is 1. The molecule has 0 bridgehead atoms. The van der Waals surface area contributed by atoms with Gasteiger partial charge in [0, 0.05) is 18.6 Å². The van der Waals surface area contributed by atoms with Crippen LogP contribution in [0.3, 0.4) is 0 Å². The zero-order valence-electron chi connectivity index (χ0n) is 11.7. The van der Waals surface area contributed by atoms with Crippen molar-refractivity contribution in [3.8, 4) is 0 Å². The Morgan fingerprint density at radius 3 is 2.67 bits per heavy atom. The summed E-state index contributed by atoms with van der Waals surface area (Å²) in [6.45, 7) is 6.75. The Morgan fingerprint density at radius 2 is 2.11 bits per heavy atom. The summed E-state index contributed by atoms with van der Waals surface area (Å²) in [5.74, 6) is 0.512. The molecular weight excluding hydrogens is 226 g/mol. The predicted octanol–water partition coefficient (Wildman–Crippen LogP) is 1.10. The number of carbonyl (C=O) groups excluding carboxylic acids is 1. The summed E-state index contributed by atoms with van der Waals surface area (Å²) in [6, 6.07) is 1.10. The lowest BCUT2D eigenvalue weighted by Crippen LogP contribution is -2.45. The normalized spacial score (nSPS) is 26.7. The van der Waals surface area contributed by atoms with Gasteiger partial charge in [-0.2, -0.15) is 0 Å². The average Bonchev–Trinajstić information content (AvgIpc) is 2.99. The van der Waals surface area contributed by atoms with Crippen molar-refractivity contribution in [2.24, 2.45) is 11.7 Å². The third-order valence-corrected chi connectivity index (χ3v) is 4.25. The number of hydrogen-bond donors (Lipinski definition) is 2. The summed E-state index contributed by atoms with van der Waals surface area (Å²) >= 11 is 0. The maximum atomic E-state index is 11.4. The van der Waals surface area contributed by atoms with Crippen LogP contribution in [0.4, 0.5) is 0 Å². The lowest BCUT2D eigenvalue weighted by Gasteiger charge is -2.28. The molecule has 18 heavy (non-hydrogen) atoms. The van der Waals surface area contributed by atoms with E-state index in [0.29, 0.717) is 18.0 Å². The highest BCUT2D eigenvalue weighted by atomic mass is 16.1. The smallest absolute Gasteiger partial charge is 0.234 e. The molecule has 2 aliphatic rings. The number of carbonyl (C=O) groups is 1. The fourth-order valence-electron chi connectivity index (χ4n) is 3.02. The van der Waals surface area contributed by atoms with Gasteiger partial charge in [0.05, 0.1) is 6.04 Å². The molecule has 3 N–H and O–H groups in total. The van der Waals surface area contributed by atoms with Gasteiger partial charge >= 0.3 is 0 Å². The first-order valence-corrected chi connectivity index (χ1v) is 7.37. The molecule has 104 valence electrons. The van der Waals surface area contributed by atoms with E-state index in [-0.39, 0.29) is 11.9 Å². The SMILES string of the molecule is CC(C)C1CCCN1CCC(NC1CC1)C(N)=O. The van der Waals surface area contributed by atoms with Crippen molar-refractivity contribution < 1.29 is 4.79 Å². The van der Waals surface area contributed by atoms with Gasteiger partial charge in [0.1, 0.15) is 0 Å². The molecule has 0 radical (unpaired) electrons. The first kappa shape index (κ1) is 13.8. The Morgan fingerprint density at radius 1 is 1.39 bits per heavy atom. The van der Waals surface area contributed by atoms with Crippen molar-refractivity contribution >= 4 is 5.91 Å². The number of likely N-dealkylation sites (tertiary alicyclic amines) is 1. The maximum Gasteiger partial charge on any atom is 0.234 e. The monoisotopic (exact) mass is 253 g/mol. The zero-order valence-corrected chi connectivity index (χ0v) is 11.7. The number of amides is 1. The molecule has 2 fully saturated rings. The van der Waals surface area contributed by atoms with E-state index < -0.39 is 0 Å². The van der Waals surface area contributed by atoms with Crippen molar-refractivity contribution in [1.82, 2.24) is 10.2 Å². The van der Waals surface area contributed by atoms with E-state index in [1.54, 1.807) is 0 Å². The van der Waals surface area contributed by atoms with E-state index in [4.69, 9.17) is 5.73 Å². The minimum Gasteiger partial charge on any atom is -0.368 e. The topological polar surface area (TPSA) is 58.4 Å². The van der Waals surface area contributed by atoms with Crippen molar-refractivity contribution in [2.45, 2.75) is 64.1 Å². The summed E-state index contributed by atoms with van der Waals surface area (Å²) in [4.78, 5) is 14.0. The Kier molecular flexibility index (Phi) is 4.62. The third kappa shape index (κ3) is 3.69. The highest BCUT2D eigenvalue weighted by Gasteiger charge is 2.30. The summed E-state index contributed by atoms with van der Waals surface area (Å²) < 4.78 is 0. The van der Waals surface area contributed by atoms with E-state index in [1.165, 1.54) is 32.2 Å². The zero-order chi connectivity index (χ0) is 13.1. The van der Waals surface area contributed by atoms with Crippen molar-refractivity contribution in [3.05, 3.63) is 0 Å². The van der Waals surface area contributed by atoms with Gasteiger partial charge in [0.15, 0.2) is 0 Å². The summed E-state index contributed by atoms with van der Waals surface area (Å²) in [7, 11) is 0. The molecule has 1 amide bonds. The van der Waals surface area contributed by atoms with E-state index >= 15 is 0 Å². The summed E-state index contributed by atoms with van der Waals surface area (Å²) in [6.07, 6.45) is 5.84. The molecule has 1 saturated heterocycles. The quantitative estimate of drug-likeness (QED) is 0.714. The number of nitrogens with one attached hydrogen (secondary N) is 1. The second kappa shape index (κ2) is 6.02. The Bertz CT molecular complexity index is 289. The molecule has 0 aromatic heterocycles. The second-order valence-electron chi connectivity index (χ2n) is 6.17. The molecule has 2 rings (SSSR count). The van der Waals surface area contributed by atoms with Gasteiger partial charge in [-0.15, -0.1) is 0 Å². The molecule has 1 aliphatic carbocycles. The summed E-state index contributed by atoms with van der Waals surface area (Å²) in [5.41, 5.74) is 5.47. The highest BCUT2D eigenvalue weighted by molar-refractivity contribution is 5.79. The molecule has 4 nitrogen and oxygen atoms in total. The van der Waals surface area contributed by atoms with Crippen molar-refractivity contribution in [3.63, 3.8) is 0 Å². The van der Waals surface area contributed by atoms with Gasteiger partial charge in [-0.25, -0.2) is 0 Å². The highest BCUT2D eigenvalue weighted by Crippen LogP contribution is 2.24. The summed E-state index contributed by atoms with van der Waals surface area (Å²) in [5, 5.41) is 3.36. The van der Waals surface area contributed by atoms with Gasteiger partial charge in [0.25, 0.3) is 0 Å². The first-order chi connectivity index (χ1) is 8.58. The largest absolute Gasteiger partial charge is 0.368 e. The number of rotatable bonds is 7. The van der Waals surface area contributed by atoms with E-state index in [9.17, 15) is 4.79 Å². The Balaban J connectivity index is 1.78. The van der Waals surface area contributed by atoms with Crippen LogP contribution in [0.15, 0.2) is 0 Å². The minimum atomic E-state index is -0.192. The average molecular weight is 253 g/mol. The molecule has 1 aliphatic heterocycles. The number of hydrogen-bond acceptors (Lipinski definition) is 3. The molecule has 1 saturated carbocycles. The maximum absolute atomic E-state index is 11.4. The lowest BCUT2D eigenvalue weighted by molar-refractivity contribution is -0.120. The van der Waals surface area contributed by atoms with Crippen LogP contribution in [0, 0.1) is 5.92 Å². The van der Waals surface area contributed by atoms with Crippen LogP contribution in [0.5, 0.6) is 0 Å². The van der Waals surface area contributed by atoms with Gasteiger partial charge in [0.2, 0.25) is 5.91 Å². The first-order valence-electron chi connectivity index (χ1n) is 7.37. The molecule has 0 aromatic carbocycles. The van der Waals surface area contributed by atoms with E-state index in [2.05, 4.69) is 24.1 Å². The van der Waals surface area contributed by atoms with Crippen LogP contribution in [0.2, 0.25) is 0 Å². The van der Waals surface area contributed by atoms with Crippen LogP contribution in [0.1, 0.15) is 46.0 Å². The lowest BCUT2D eigenvalue weighted by atomic mass is 10.0. The molecule has 0 spiro atoms. The molecular formula is C14H27N3O. The van der Waals surface area contributed by atoms with Crippen LogP contribution in [0.25, 0.3) is 0 Å². The number of primary amides is 1. The van der Waals surface area contributed by atoms with Crippen LogP contribution in [-0.4, -0.2) is 42.0 Å². The van der Waals surface area contributed by atoms with Gasteiger partial charge in [-0.3, -0.25) is 4.79 Å². The van der Waals surface area contributed by atoms with Crippen LogP contribution < -0.4 is 11.1 Å². The van der Waals surface area contributed by atoms with Gasteiger partial charge in [-0.1, -0.05) is 13.8 Å². The second-order valence-corrected chi connectivity index (χ2v) is 6.17. The predicted molar refractivity (Wildman–Crippen MR) is 73.2 cm³/mol. The molecule has 2 atom stereocenters.